The molecule has 0 aliphatic heterocycles. The van der Waals surface area contributed by atoms with Gasteiger partial charge in [0, 0.05) is 40.8 Å². The zero-order valence-corrected chi connectivity index (χ0v) is 22.7. The number of sulfone groups is 1. The first-order valence-electron chi connectivity index (χ1n) is 12.5. The van der Waals surface area contributed by atoms with E-state index in [0.29, 0.717) is 24.1 Å². The van der Waals surface area contributed by atoms with E-state index in [1.165, 1.54) is 12.1 Å². The van der Waals surface area contributed by atoms with Crippen LogP contribution < -0.4 is 5.32 Å². The maximum Gasteiger partial charge on any atom is 0.255 e. The number of nitrogens with zero attached hydrogens (tertiary/aromatic N) is 1. The first kappa shape index (κ1) is 27.6. The first-order valence-corrected chi connectivity index (χ1v) is 14.4. The van der Waals surface area contributed by atoms with Crippen molar-refractivity contribution in [3.63, 3.8) is 0 Å². The Labute approximate surface area is 229 Å². The van der Waals surface area contributed by atoms with Crippen molar-refractivity contribution in [3.05, 3.63) is 88.0 Å². The molecule has 2 saturated carbocycles. The van der Waals surface area contributed by atoms with Crippen LogP contribution >= 0.6 is 11.6 Å². The van der Waals surface area contributed by atoms with Gasteiger partial charge < -0.3 is 10.4 Å². The molecule has 0 spiro atoms. The Bertz CT molecular complexity index is 1540. The summed E-state index contributed by atoms with van der Waals surface area (Å²) in [5, 5.41) is 13.2. The van der Waals surface area contributed by atoms with Crippen LogP contribution in [0.15, 0.2) is 53.6 Å². The fourth-order valence-corrected chi connectivity index (χ4v) is 8.57. The Morgan fingerprint density at radius 2 is 1.77 bits per heavy atom. The number of aliphatic hydroxyl groups is 1. The molecule has 2 aromatic carbocycles. The SMILES string of the molecule is Cc1ccc([C@@]2(O)C3CC(S(=O)(=O)c4cc(C(=O)Nc5cc(F)c(F)c(F)c5)ccc4Cl)C[C@@H]2[C@@H](C)C3)cn1. The topological polar surface area (TPSA) is 96.4 Å². The summed E-state index contributed by atoms with van der Waals surface area (Å²) in [6, 6.07) is 8.57. The van der Waals surface area contributed by atoms with Crippen molar-refractivity contribution in [2.75, 3.05) is 5.32 Å². The summed E-state index contributed by atoms with van der Waals surface area (Å²) in [7, 11) is -4.04. The number of halogens is 4. The van der Waals surface area contributed by atoms with Crippen molar-refractivity contribution in [2.24, 2.45) is 17.8 Å². The van der Waals surface area contributed by atoms with Crippen molar-refractivity contribution in [1.29, 1.82) is 0 Å². The molecule has 39 heavy (non-hydrogen) atoms. The van der Waals surface area contributed by atoms with Crippen LogP contribution in [0.2, 0.25) is 5.02 Å². The Morgan fingerprint density at radius 3 is 2.38 bits per heavy atom. The molecule has 5 rings (SSSR count). The first-order chi connectivity index (χ1) is 18.3. The number of pyridine rings is 1. The van der Waals surface area contributed by atoms with Gasteiger partial charge in [-0.15, -0.1) is 0 Å². The van der Waals surface area contributed by atoms with Crippen LogP contribution in [-0.2, 0) is 15.4 Å². The number of amides is 1. The van der Waals surface area contributed by atoms with Gasteiger partial charge in [-0.05, 0) is 68.2 Å². The van der Waals surface area contributed by atoms with Gasteiger partial charge in [0.05, 0.1) is 20.8 Å². The molecule has 0 radical (unpaired) electrons. The number of aryl methyl sites for hydroxylation is 1. The van der Waals surface area contributed by atoms with Gasteiger partial charge >= 0.3 is 0 Å². The lowest BCUT2D eigenvalue weighted by atomic mass is 9.70. The largest absolute Gasteiger partial charge is 0.385 e. The highest BCUT2D eigenvalue weighted by molar-refractivity contribution is 7.92. The molecule has 0 saturated heterocycles. The molecule has 2 N–H and O–H groups in total. The van der Waals surface area contributed by atoms with Crippen molar-refractivity contribution in [3.8, 4) is 0 Å². The smallest absolute Gasteiger partial charge is 0.255 e. The van der Waals surface area contributed by atoms with Crippen molar-refractivity contribution in [1.82, 2.24) is 4.98 Å². The van der Waals surface area contributed by atoms with Crippen molar-refractivity contribution < 1.29 is 31.5 Å². The highest BCUT2D eigenvalue weighted by atomic mass is 35.5. The summed E-state index contributed by atoms with van der Waals surface area (Å²) in [6.07, 6.45) is 2.71. The van der Waals surface area contributed by atoms with Gasteiger partial charge in [-0.25, -0.2) is 21.6 Å². The quantitative estimate of drug-likeness (QED) is 0.373. The van der Waals surface area contributed by atoms with E-state index in [0.717, 1.165) is 11.8 Å². The van der Waals surface area contributed by atoms with Crippen LogP contribution in [0.25, 0.3) is 0 Å². The average Bonchev–Trinajstić information content (AvgIpc) is 3.00. The number of fused-ring (bicyclic) bond motifs is 2. The molecule has 5 atom stereocenters. The van der Waals surface area contributed by atoms with Crippen molar-refractivity contribution in [2.45, 2.75) is 48.9 Å². The molecular weight excluding hydrogens is 553 g/mol. The van der Waals surface area contributed by atoms with E-state index in [2.05, 4.69) is 10.3 Å². The molecule has 3 aromatic rings. The molecule has 2 fully saturated rings. The molecule has 2 aliphatic carbocycles. The molecule has 11 heteroatoms. The molecule has 2 unspecified atom stereocenters. The predicted molar refractivity (Wildman–Crippen MR) is 140 cm³/mol. The summed E-state index contributed by atoms with van der Waals surface area (Å²) in [6.45, 7) is 3.86. The van der Waals surface area contributed by atoms with Gasteiger partial charge in [-0.2, -0.15) is 0 Å². The monoisotopic (exact) mass is 578 g/mol. The zero-order valence-electron chi connectivity index (χ0n) is 21.1. The van der Waals surface area contributed by atoms with Gasteiger partial charge in [0.2, 0.25) is 0 Å². The molecule has 1 heterocycles. The maximum atomic E-state index is 13.8. The van der Waals surface area contributed by atoms with Gasteiger partial charge in [0.1, 0.15) is 0 Å². The lowest BCUT2D eigenvalue weighted by Crippen LogP contribution is -2.46. The minimum atomic E-state index is -4.04. The van der Waals surface area contributed by atoms with E-state index in [4.69, 9.17) is 11.6 Å². The number of hydrogen-bond acceptors (Lipinski definition) is 5. The Kier molecular flexibility index (Phi) is 7.01. The summed E-state index contributed by atoms with van der Waals surface area (Å²) < 4.78 is 68.1. The van der Waals surface area contributed by atoms with E-state index in [1.54, 1.807) is 6.20 Å². The number of rotatable bonds is 5. The molecular formula is C28H26ClF3N2O4S. The van der Waals surface area contributed by atoms with Gasteiger partial charge in [0.15, 0.2) is 27.3 Å². The molecule has 6 nitrogen and oxygen atoms in total. The van der Waals surface area contributed by atoms with Crippen LogP contribution in [-0.4, -0.2) is 29.7 Å². The number of nitrogens with one attached hydrogen (secondary N) is 1. The summed E-state index contributed by atoms with van der Waals surface area (Å²) in [5.74, 6) is -6.05. The summed E-state index contributed by atoms with van der Waals surface area (Å²) in [4.78, 5) is 16.9. The van der Waals surface area contributed by atoms with E-state index in [9.17, 15) is 31.5 Å². The fourth-order valence-electron chi connectivity index (χ4n) is 6.19. The maximum absolute atomic E-state index is 13.8. The molecule has 2 aliphatic rings. The zero-order chi connectivity index (χ0) is 28.3. The van der Waals surface area contributed by atoms with E-state index in [-0.39, 0.29) is 51.8 Å². The fraction of sp³-hybridized carbons (Fsp3) is 0.357. The van der Waals surface area contributed by atoms with Crippen LogP contribution in [0.5, 0.6) is 0 Å². The highest BCUT2D eigenvalue weighted by Gasteiger charge is 2.59. The number of carbonyl (C=O) groups is 1. The van der Waals surface area contributed by atoms with Crippen LogP contribution in [0.1, 0.15) is 47.8 Å². The average molecular weight is 579 g/mol. The molecule has 1 aromatic heterocycles. The standard InChI is InChI=1S/C28H26ClF3N2O4S/c1-14-7-18-9-20(12-21(14)28(18,36)17-5-3-15(2)33-13-17)39(37,38)25-8-16(4-6-22(25)29)27(35)34-19-10-23(30)26(32)24(31)11-19/h3-6,8,10-11,13-14,18,20-21,36H,7,9,12H2,1-2H3,(H,34,35)/t14-,18?,20?,21+,28+/m0/s1. The van der Waals surface area contributed by atoms with Crippen molar-refractivity contribution >= 4 is 33.0 Å². The van der Waals surface area contributed by atoms with Crippen LogP contribution in [0, 0.1) is 42.1 Å². The van der Waals surface area contributed by atoms with E-state index in [1.807, 2.05) is 26.0 Å². The third-order valence-electron chi connectivity index (χ3n) is 8.15. The second-order valence-corrected chi connectivity index (χ2v) is 13.1. The normalized spacial score (nSPS) is 26.4. The number of benzene rings is 2. The lowest BCUT2D eigenvalue weighted by molar-refractivity contribution is -0.0701. The van der Waals surface area contributed by atoms with E-state index >= 15 is 0 Å². The van der Waals surface area contributed by atoms with Gasteiger partial charge in [0.25, 0.3) is 5.91 Å². The third kappa shape index (κ3) is 4.72. The summed E-state index contributed by atoms with van der Waals surface area (Å²) >= 11 is 6.30. The number of anilines is 1. The second-order valence-electron chi connectivity index (χ2n) is 10.5. The van der Waals surface area contributed by atoms with Crippen LogP contribution in [0.3, 0.4) is 0 Å². The number of hydrogen-bond donors (Lipinski definition) is 2. The number of aromatic nitrogens is 1. The van der Waals surface area contributed by atoms with Gasteiger partial charge in [-0.3, -0.25) is 9.78 Å². The molecule has 2 bridgehead atoms. The Balaban J connectivity index is 1.42. The predicted octanol–water partition coefficient (Wildman–Crippen LogP) is 5.81. The third-order valence-corrected chi connectivity index (χ3v) is 10.8. The minimum absolute atomic E-state index is 0.0746. The second kappa shape index (κ2) is 9.91. The highest BCUT2D eigenvalue weighted by Crippen LogP contribution is 2.59. The molecule has 206 valence electrons. The Morgan fingerprint density at radius 1 is 1.08 bits per heavy atom. The minimum Gasteiger partial charge on any atom is -0.385 e. The Hall–Kier alpha value is -2.95. The lowest BCUT2D eigenvalue weighted by Gasteiger charge is -2.43. The van der Waals surface area contributed by atoms with Gasteiger partial charge in [-0.1, -0.05) is 24.6 Å². The summed E-state index contributed by atoms with van der Waals surface area (Å²) in [5.41, 5.74) is -0.158. The van der Waals surface area contributed by atoms with E-state index < -0.39 is 44.0 Å². The molecule has 1 amide bonds. The van der Waals surface area contributed by atoms with Crippen LogP contribution in [0.4, 0.5) is 18.9 Å². The number of carbonyl (C=O) groups excluding carboxylic acids is 1.